The van der Waals surface area contributed by atoms with Crippen LogP contribution in [0.3, 0.4) is 0 Å². The maximum absolute atomic E-state index is 10.4. The first-order valence-corrected chi connectivity index (χ1v) is 21.0. The summed E-state index contributed by atoms with van der Waals surface area (Å²) >= 11 is 0. The first-order chi connectivity index (χ1) is 30.1. The molecule has 6 saturated carbocycles. The molecule has 3 unspecified atom stereocenters. The first-order valence-electron chi connectivity index (χ1n) is 21.0. The van der Waals surface area contributed by atoms with Crippen LogP contribution in [0.25, 0.3) is 33.5 Å². The van der Waals surface area contributed by atoms with E-state index >= 15 is 0 Å². The summed E-state index contributed by atoms with van der Waals surface area (Å²) in [4.78, 5) is 34.3. The summed E-state index contributed by atoms with van der Waals surface area (Å²) in [6, 6.07) is 0.669. The minimum absolute atomic E-state index is 0.0152. The van der Waals surface area contributed by atoms with Crippen LogP contribution >= 0.6 is 0 Å². The third-order valence-electron chi connectivity index (χ3n) is 15.2. The molecule has 15 atom stereocenters. The number of aromatic nitrogens is 11. The Morgan fingerprint density at radius 3 is 1.44 bits per heavy atom. The zero-order valence-electron chi connectivity index (χ0n) is 34.7. The molecule has 336 valence electrons. The molecule has 6 fully saturated rings. The van der Waals surface area contributed by atoms with Gasteiger partial charge in [-0.15, -0.1) is 0 Å². The average Bonchev–Trinajstić information content (AvgIpc) is 4.13. The van der Waals surface area contributed by atoms with E-state index in [1.54, 1.807) is 61.3 Å². The lowest BCUT2D eigenvalue weighted by atomic mass is 10.0. The molecule has 6 heterocycles. The van der Waals surface area contributed by atoms with E-state index in [9.17, 15) is 46.0 Å². The van der Waals surface area contributed by atoms with Crippen LogP contribution in [0.1, 0.15) is 49.0 Å². The third kappa shape index (κ3) is 5.77. The summed E-state index contributed by atoms with van der Waals surface area (Å²) in [7, 11) is 1.77. The number of imidazole rings is 3. The molecule has 23 heteroatoms. The largest absolute Gasteiger partial charge is 0.397 e. The van der Waals surface area contributed by atoms with Gasteiger partial charge in [0, 0.05) is 29.5 Å². The average molecular weight is 873 g/mol. The van der Waals surface area contributed by atoms with Gasteiger partial charge in [-0.3, -0.25) is 0 Å². The van der Waals surface area contributed by atoms with Crippen LogP contribution < -0.4 is 16.8 Å². The smallest absolute Gasteiger partial charge is 0.166 e. The predicted molar refractivity (Wildman–Crippen MR) is 222 cm³/mol. The van der Waals surface area contributed by atoms with Gasteiger partial charge in [-0.05, 0) is 56.9 Å². The van der Waals surface area contributed by atoms with Crippen LogP contribution in [0.15, 0.2) is 31.2 Å². The van der Waals surface area contributed by atoms with Crippen molar-refractivity contribution in [1.82, 2.24) is 53.6 Å². The number of fused-ring (bicyclic) bond motifs is 6. The molecular formula is C40H52N14O9. The zero-order chi connectivity index (χ0) is 44.7. The van der Waals surface area contributed by atoms with Gasteiger partial charge in [-0.25, -0.2) is 39.9 Å². The molecule has 12 rings (SSSR count). The molecule has 6 aromatic heterocycles. The minimum Gasteiger partial charge on any atom is -0.397 e. The number of anilines is 3. The number of pyridine rings is 1. The Hall–Kier alpha value is -5.24. The highest BCUT2D eigenvalue weighted by molar-refractivity contribution is 5.84. The van der Waals surface area contributed by atoms with Crippen molar-refractivity contribution in [3.05, 3.63) is 42.9 Å². The van der Waals surface area contributed by atoms with E-state index in [-0.39, 0.29) is 55.7 Å². The van der Waals surface area contributed by atoms with Crippen molar-refractivity contribution in [2.24, 2.45) is 34.0 Å². The summed E-state index contributed by atoms with van der Waals surface area (Å²) in [6.07, 6.45) is 2.90. The lowest BCUT2D eigenvalue weighted by Gasteiger charge is -2.23. The number of aliphatic hydroxyl groups is 9. The Kier molecular flexibility index (Phi) is 9.53. The number of nitrogens with one attached hydrogen (secondary N) is 1. The Morgan fingerprint density at radius 2 is 1.00 bits per heavy atom. The van der Waals surface area contributed by atoms with E-state index in [0.717, 1.165) is 0 Å². The van der Waals surface area contributed by atoms with Crippen molar-refractivity contribution in [3.8, 4) is 0 Å². The molecule has 0 radical (unpaired) electrons. The van der Waals surface area contributed by atoms with Crippen LogP contribution in [0.2, 0.25) is 0 Å². The fraction of sp³-hybridized carbons (Fsp3) is 0.600. The Bertz CT molecular complexity index is 2750. The number of rotatable bonds is 7. The van der Waals surface area contributed by atoms with Gasteiger partial charge in [0.25, 0.3) is 0 Å². The van der Waals surface area contributed by atoms with Crippen LogP contribution in [0, 0.1) is 47.8 Å². The maximum Gasteiger partial charge on any atom is 0.166 e. The second-order valence-corrected chi connectivity index (χ2v) is 18.3. The summed E-state index contributed by atoms with van der Waals surface area (Å²) in [5.74, 6) is 2.16. The Balaban J connectivity index is 0.000000112. The van der Waals surface area contributed by atoms with Gasteiger partial charge in [0.15, 0.2) is 28.6 Å². The number of hydrogen-bond donors (Lipinski definition) is 12. The number of aryl methyl sites for hydroxylation is 2. The van der Waals surface area contributed by atoms with Crippen molar-refractivity contribution < 1.29 is 46.0 Å². The summed E-state index contributed by atoms with van der Waals surface area (Å²) < 4.78 is 5.34. The number of aliphatic hydroxyl groups excluding tert-OH is 9. The van der Waals surface area contributed by atoms with Crippen LogP contribution in [0.5, 0.6) is 0 Å². The number of hydrogen-bond acceptors (Lipinski definition) is 20. The van der Waals surface area contributed by atoms with Gasteiger partial charge in [0.1, 0.15) is 46.5 Å². The summed E-state index contributed by atoms with van der Waals surface area (Å²) in [6.45, 7) is 3.17. The molecule has 63 heavy (non-hydrogen) atoms. The number of nitrogen functional groups attached to an aromatic ring is 2. The summed E-state index contributed by atoms with van der Waals surface area (Å²) in [5.41, 5.74) is 14.0. The molecule has 0 saturated heterocycles. The molecule has 6 aliphatic carbocycles. The summed E-state index contributed by atoms with van der Waals surface area (Å²) in [5, 5.41) is 93.3. The Morgan fingerprint density at radius 1 is 0.587 bits per heavy atom. The molecule has 0 aliphatic heterocycles. The molecule has 0 spiro atoms. The molecule has 14 N–H and O–H groups in total. The third-order valence-corrected chi connectivity index (χ3v) is 15.2. The Labute approximate surface area is 358 Å². The van der Waals surface area contributed by atoms with Crippen molar-refractivity contribution in [3.63, 3.8) is 0 Å². The number of nitrogens with zero attached hydrogens (tertiary/aromatic N) is 11. The molecular weight excluding hydrogens is 821 g/mol. The van der Waals surface area contributed by atoms with Crippen molar-refractivity contribution >= 4 is 50.8 Å². The lowest BCUT2D eigenvalue weighted by Crippen LogP contribution is -2.35. The van der Waals surface area contributed by atoms with Crippen LogP contribution in [-0.4, -0.2) is 163 Å². The van der Waals surface area contributed by atoms with E-state index in [0.29, 0.717) is 81.7 Å². The van der Waals surface area contributed by atoms with Gasteiger partial charge in [0.05, 0.1) is 80.9 Å². The SMILES string of the molecule is CNc1nc(C)nc2c1ncn2[C@@H]1[C@H]2C[C@@]2(CO)C(O)[C@@H]1O.Cc1nc(N)c2ncn([C@@H]3[C@H]4C[C@@]4(CO)C(O)[C@@H]3O)c2n1.Nc1ccnc2c1ncn2[C@@H]1[C@H]2C[C@@]2(CO)C(O)[C@@H]1O. The molecule has 6 aliphatic rings. The topological polar surface area (TPSA) is 364 Å². The maximum atomic E-state index is 10.4. The second kappa shape index (κ2) is 14.4. The second-order valence-electron chi connectivity index (χ2n) is 18.3. The molecule has 23 nitrogen and oxygen atoms in total. The lowest BCUT2D eigenvalue weighted by molar-refractivity contribution is -0.0301. The van der Waals surface area contributed by atoms with Crippen LogP contribution in [0.4, 0.5) is 17.3 Å². The van der Waals surface area contributed by atoms with E-state index in [1.807, 2.05) is 4.57 Å². The van der Waals surface area contributed by atoms with Gasteiger partial charge in [-0.1, -0.05) is 0 Å². The van der Waals surface area contributed by atoms with E-state index in [2.05, 4.69) is 45.2 Å². The van der Waals surface area contributed by atoms with Crippen molar-refractivity contribution in [1.29, 1.82) is 0 Å². The predicted octanol–water partition coefficient (Wildman–Crippen LogP) is -2.27. The normalized spacial score (nSPS) is 37.8. The fourth-order valence-corrected chi connectivity index (χ4v) is 11.5. The fourth-order valence-electron chi connectivity index (χ4n) is 11.5. The highest BCUT2D eigenvalue weighted by Gasteiger charge is 2.73. The molecule has 6 aromatic rings. The van der Waals surface area contributed by atoms with Gasteiger partial charge in [-0.2, -0.15) is 0 Å². The van der Waals surface area contributed by atoms with Crippen molar-refractivity contribution in [2.45, 2.75) is 87.9 Å². The first kappa shape index (κ1) is 41.8. The molecule has 0 aromatic carbocycles. The van der Waals surface area contributed by atoms with Crippen LogP contribution in [-0.2, 0) is 0 Å². The van der Waals surface area contributed by atoms with Gasteiger partial charge >= 0.3 is 0 Å². The van der Waals surface area contributed by atoms with E-state index in [4.69, 9.17) is 11.5 Å². The standard InChI is InChI=1S/C14H19N5O3.C13H17N5O3.C13H16N4O3/c1-6-17-12(15-2)8-13(18-6)19(5-16-8)9-7-3-14(7,4-20)11(22)10(9)21;1-5-16-11(14)7-12(17-5)18(4-15-7)8-6-2-13(6,3-19)10(21)9(8)20;14-7-1-2-15-12-8(7)16-5-17(12)9-6-3-13(6,4-18)11(20)10(9)19/h5,7,9-11,20-22H,3-4H2,1-2H3,(H,15,17,18);4,6,8-10,19-21H,2-3H2,1H3,(H2,14,16,17);1-2,5-6,9-11,18-20H,3-4H2,(H2,14,15)/t7-,9-,10-,11?,14+;6-,8-,9-,10?,13+;6-,9-,10-,11?,13+/m111/s1. The quantitative estimate of drug-likeness (QED) is 0.0805. The van der Waals surface area contributed by atoms with Crippen molar-refractivity contribution in [2.75, 3.05) is 43.7 Å². The number of nitrogens with two attached hydrogens (primary N) is 2. The highest BCUT2D eigenvalue weighted by Crippen LogP contribution is 2.69. The van der Waals surface area contributed by atoms with E-state index in [1.165, 1.54) is 0 Å². The molecule has 0 bridgehead atoms. The van der Waals surface area contributed by atoms with E-state index < -0.39 is 52.9 Å². The van der Waals surface area contributed by atoms with Gasteiger partial charge < -0.3 is 76.4 Å². The molecule has 0 amide bonds. The minimum atomic E-state index is -0.954. The highest BCUT2D eigenvalue weighted by atomic mass is 16.3. The zero-order valence-corrected chi connectivity index (χ0v) is 34.7. The van der Waals surface area contributed by atoms with Gasteiger partial charge in [0.2, 0.25) is 0 Å². The monoisotopic (exact) mass is 872 g/mol.